The van der Waals surface area contributed by atoms with E-state index in [0.29, 0.717) is 12.8 Å². The molecule has 0 unspecified atom stereocenters. The summed E-state index contributed by atoms with van der Waals surface area (Å²) in [5.74, 6) is -0.624. The third kappa shape index (κ3) is 2.27. The number of carbonyl (C=O) groups excluding carboxylic acids is 1. The van der Waals surface area contributed by atoms with Crippen molar-refractivity contribution in [2.75, 3.05) is 0 Å². The fourth-order valence-corrected chi connectivity index (χ4v) is 3.36. The Bertz CT molecular complexity index is 457. The summed E-state index contributed by atoms with van der Waals surface area (Å²) in [5.41, 5.74) is 0.224. The number of hydrogen-bond donors (Lipinski definition) is 1. The monoisotopic (exact) mass is 243 g/mol. The van der Waals surface area contributed by atoms with Crippen LogP contribution in [0.25, 0.3) is 0 Å². The second kappa shape index (κ2) is 4.29. The molecule has 1 fully saturated rings. The van der Waals surface area contributed by atoms with Gasteiger partial charge in [0.25, 0.3) is 5.91 Å². The van der Waals surface area contributed by atoms with Crippen molar-refractivity contribution in [1.82, 2.24) is 4.72 Å². The van der Waals surface area contributed by atoms with E-state index in [2.05, 4.69) is 4.72 Å². The van der Waals surface area contributed by atoms with E-state index in [4.69, 9.17) is 4.42 Å². The minimum absolute atomic E-state index is 0.224. The summed E-state index contributed by atoms with van der Waals surface area (Å²) in [6.45, 7) is 0. The van der Waals surface area contributed by atoms with Crippen molar-refractivity contribution in [2.45, 2.75) is 30.9 Å². The largest absolute Gasteiger partial charge is 0.472 e. The van der Waals surface area contributed by atoms with Crippen molar-refractivity contribution < 1.29 is 17.6 Å². The number of amides is 1. The van der Waals surface area contributed by atoms with Crippen molar-refractivity contribution in [3.8, 4) is 0 Å². The van der Waals surface area contributed by atoms with Crippen molar-refractivity contribution in [2.24, 2.45) is 0 Å². The first-order chi connectivity index (χ1) is 7.59. The Kier molecular flexibility index (Phi) is 3.00. The van der Waals surface area contributed by atoms with E-state index in [-0.39, 0.29) is 5.56 Å². The summed E-state index contributed by atoms with van der Waals surface area (Å²) in [7, 11) is -3.53. The Morgan fingerprint density at radius 2 is 2.06 bits per heavy atom. The van der Waals surface area contributed by atoms with Gasteiger partial charge in [0.05, 0.1) is 17.1 Å². The fourth-order valence-electron chi connectivity index (χ4n) is 1.86. The van der Waals surface area contributed by atoms with E-state index in [1.165, 1.54) is 18.6 Å². The highest BCUT2D eigenvalue weighted by Crippen LogP contribution is 2.24. The van der Waals surface area contributed by atoms with Gasteiger partial charge in [-0.2, -0.15) is 0 Å². The van der Waals surface area contributed by atoms with Crippen LogP contribution in [0.5, 0.6) is 0 Å². The van der Waals surface area contributed by atoms with Crippen LogP contribution in [-0.4, -0.2) is 19.6 Å². The summed E-state index contributed by atoms with van der Waals surface area (Å²) < 4.78 is 30.3. The van der Waals surface area contributed by atoms with E-state index in [1.54, 1.807) is 0 Å². The summed E-state index contributed by atoms with van der Waals surface area (Å²) >= 11 is 0. The lowest BCUT2D eigenvalue weighted by Gasteiger charge is -2.11. The Morgan fingerprint density at radius 1 is 1.38 bits per heavy atom. The molecule has 1 aliphatic rings. The smallest absolute Gasteiger partial charge is 0.267 e. The third-order valence-electron chi connectivity index (χ3n) is 2.76. The summed E-state index contributed by atoms with van der Waals surface area (Å²) in [5, 5.41) is -0.427. The molecule has 1 aliphatic carbocycles. The topological polar surface area (TPSA) is 76.4 Å². The molecule has 0 saturated heterocycles. The molecule has 0 aliphatic heterocycles. The Balaban J connectivity index is 2.06. The van der Waals surface area contributed by atoms with Crippen LogP contribution < -0.4 is 4.72 Å². The van der Waals surface area contributed by atoms with Gasteiger partial charge < -0.3 is 4.42 Å². The van der Waals surface area contributed by atoms with Crippen LogP contribution in [0.15, 0.2) is 23.0 Å². The zero-order valence-corrected chi connectivity index (χ0v) is 9.50. The van der Waals surface area contributed by atoms with Crippen molar-refractivity contribution in [3.63, 3.8) is 0 Å². The van der Waals surface area contributed by atoms with Gasteiger partial charge in [-0.25, -0.2) is 13.1 Å². The zero-order chi connectivity index (χ0) is 11.6. The highest BCUT2D eigenvalue weighted by atomic mass is 32.2. The maximum absolute atomic E-state index is 11.8. The zero-order valence-electron chi connectivity index (χ0n) is 8.68. The van der Waals surface area contributed by atoms with Crippen LogP contribution in [0.3, 0.4) is 0 Å². The van der Waals surface area contributed by atoms with Gasteiger partial charge in [0.1, 0.15) is 6.26 Å². The SMILES string of the molecule is O=C(NS(=O)(=O)C1CCCC1)c1ccoc1. The lowest BCUT2D eigenvalue weighted by Crippen LogP contribution is -2.37. The quantitative estimate of drug-likeness (QED) is 0.867. The molecule has 88 valence electrons. The Hall–Kier alpha value is -1.30. The van der Waals surface area contributed by atoms with Gasteiger partial charge in [-0.15, -0.1) is 0 Å². The number of sulfonamides is 1. The number of nitrogens with one attached hydrogen (secondary N) is 1. The average Bonchev–Trinajstić information content (AvgIpc) is 2.91. The summed E-state index contributed by atoms with van der Waals surface area (Å²) in [4.78, 5) is 11.5. The van der Waals surface area contributed by atoms with Gasteiger partial charge in [-0.1, -0.05) is 12.8 Å². The number of hydrogen-bond acceptors (Lipinski definition) is 4. The van der Waals surface area contributed by atoms with E-state index in [9.17, 15) is 13.2 Å². The summed E-state index contributed by atoms with van der Waals surface area (Å²) in [6, 6.07) is 1.43. The molecule has 0 radical (unpaired) electrons. The molecule has 0 aromatic carbocycles. The molecule has 0 bridgehead atoms. The van der Waals surface area contributed by atoms with Crippen molar-refractivity contribution in [3.05, 3.63) is 24.2 Å². The average molecular weight is 243 g/mol. The molecule has 1 saturated carbocycles. The van der Waals surface area contributed by atoms with E-state index < -0.39 is 21.2 Å². The van der Waals surface area contributed by atoms with Crippen LogP contribution >= 0.6 is 0 Å². The molecule has 0 atom stereocenters. The lowest BCUT2D eigenvalue weighted by atomic mass is 10.3. The van der Waals surface area contributed by atoms with Crippen molar-refractivity contribution >= 4 is 15.9 Å². The highest BCUT2D eigenvalue weighted by Gasteiger charge is 2.30. The maximum atomic E-state index is 11.8. The minimum Gasteiger partial charge on any atom is -0.472 e. The molecule has 5 nitrogen and oxygen atoms in total. The van der Waals surface area contributed by atoms with E-state index >= 15 is 0 Å². The molecule has 16 heavy (non-hydrogen) atoms. The standard InChI is InChI=1S/C10H13NO4S/c12-10(8-5-6-15-7-8)11-16(13,14)9-3-1-2-4-9/h5-7,9H,1-4H2,(H,11,12). The predicted octanol–water partition coefficient (Wildman–Crippen LogP) is 1.28. The second-order valence-electron chi connectivity index (χ2n) is 3.89. The van der Waals surface area contributed by atoms with E-state index in [0.717, 1.165) is 12.8 Å². The summed E-state index contributed by atoms with van der Waals surface area (Å²) in [6.07, 6.45) is 5.63. The van der Waals surface area contributed by atoms with Gasteiger partial charge in [0.2, 0.25) is 10.0 Å². The number of furan rings is 1. The van der Waals surface area contributed by atoms with E-state index in [1.807, 2.05) is 0 Å². The number of carbonyl (C=O) groups is 1. The second-order valence-corrected chi connectivity index (χ2v) is 5.86. The molecule has 1 amide bonds. The first-order valence-corrected chi connectivity index (χ1v) is 6.72. The number of rotatable bonds is 3. The molecule has 1 N–H and O–H groups in total. The fraction of sp³-hybridized carbons (Fsp3) is 0.500. The van der Waals surface area contributed by atoms with Crippen LogP contribution in [0, 0.1) is 0 Å². The lowest BCUT2D eigenvalue weighted by molar-refractivity contribution is 0.0980. The molecule has 1 heterocycles. The molecular formula is C10H13NO4S. The first-order valence-electron chi connectivity index (χ1n) is 5.18. The van der Waals surface area contributed by atoms with Crippen LogP contribution in [-0.2, 0) is 10.0 Å². The van der Waals surface area contributed by atoms with Gasteiger partial charge in [0, 0.05) is 0 Å². The molecule has 1 aromatic heterocycles. The van der Waals surface area contributed by atoms with Gasteiger partial charge in [-0.05, 0) is 18.9 Å². The van der Waals surface area contributed by atoms with Crippen LogP contribution in [0.2, 0.25) is 0 Å². The van der Waals surface area contributed by atoms with Gasteiger partial charge in [0.15, 0.2) is 0 Å². The van der Waals surface area contributed by atoms with Gasteiger partial charge in [-0.3, -0.25) is 4.79 Å². The molecule has 0 spiro atoms. The maximum Gasteiger partial charge on any atom is 0.267 e. The third-order valence-corrected chi connectivity index (χ3v) is 4.58. The minimum atomic E-state index is -3.53. The Morgan fingerprint density at radius 3 is 2.62 bits per heavy atom. The first kappa shape index (κ1) is 11.2. The predicted molar refractivity (Wildman–Crippen MR) is 57.4 cm³/mol. The molecule has 1 aromatic rings. The molecular weight excluding hydrogens is 230 g/mol. The van der Waals surface area contributed by atoms with Crippen LogP contribution in [0.4, 0.5) is 0 Å². The van der Waals surface area contributed by atoms with Crippen LogP contribution in [0.1, 0.15) is 36.0 Å². The van der Waals surface area contributed by atoms with Crippen molar-refractivity contribution in [1.29, 1.82) is 0 Å². The highest BCUT2D eigenvalue weighted by molar-refractivity contribution is 7.90. The Labute approximate surface area is 93.9 Å². The van der Waals surface area contributed by atoms with Gasteiger partial charge >= 0.3 is 0 Å². The normalized spacial score (nSPS) is 17.5. The molecule has 6 heteroatoms. The molecule has 2 rings (SSSR count).